The second-order valence-corrected chi connectivity index (χ2v) is 5.60. The summed E-state index contributed by atoms with van der Waals surface area (Å²) in [5, 5.41) is 11.6. The van der Waals surface area contributed by atoms with E-state index in [9.17, 15) is 9.59 Å². The Labute approximate surface area is 134 Å². The smallest absolute Gasteiger partial charge is 0.307 e. The van der Waals surface area contributed by atoms with E-state index in [0.29, 0.717) is 28.3 Å². The Balaban J connectivity index is 2.24. The minimum absolute atomic E-state index is 0.0887. The first kappa shape index (κ1) is 16.6. The lowest BCUT2D eigenvalue weighted by atomic mass is 10.0. The van der Waals surface area contributed by atoms with Gasteiger partial charge in [-0.1, -0.05) is 26.0 Å². The van der Waals surface area contributed by atoms with Crippen LogP contribution in [0.5, 0.6) is 0 Å². The van der Waals surface area contributed by atoms with E-state index in [1.165, 1.54) is 6.20 Å². The molecule has 0 aliphatic rings. The number of amides is 1. The van der Waals surface area contributed by atoms with E-state index in [4.69, 9.17) is 5.11 Å². The highest BCUT2D eigenvalue weighted by molar-refractivity contribution is 6.05. The van der Waals surface area contributed by atoms with Crippen LogP contribution in [0.15, 0.2) is 30.5 Å². The molecule has 0 spiro atoms. The van der Waals surface area contributed by atoms with Gasteiger partial charge in [-0.05, 0) is 30.5 Å². The van der Waals surface area contributed by atoms with Gasteiger partial charge in [0.1, 0.15) is 5.82 Å². The summed E-state index contributed by atoms with van der Waals surface area (Å²) in [5.41, 5.74) is 2.29. The number of anilines is 1. The second-order valence-electron chi connectivity index (χ2n) is 5.60. The summed E-state index contributed by atoms with van der Waals surface area (Å²) < 4.78 is 0. The number of carbonyl (C=O) groups is 2. The van der Waals surface area contributed by atoms with Crippen molar-refractivity contribution in [1.29, 1.82) is 0 Å². The summed E-state index contributed by atoms with van der Waals surface area (Å²) in [6.07, 6.45) is 1.43. The van der Waals surface area contributed by atoms with E-state index in [-0.39, 0.29) is 18.2 Å². The van der Waals surface area contributed by atoms with Crippen molar-refractivity contribution in [1.82, 2.24) is 9.97 Å². The average Bonchev–Trinajstić information content (AvgIpc) is 2.46. The zero-order valence-corrected chi connectivity index (χ0v) is 13.3. The number of hydrogen-bond acceptors (Lipinski definition) is 4. The molecule has 0 fully saturated rings. The molecule has 2 rings (SSSR count). The SMILES string of the molecule is Cc1ncc(C(=O)Nc2cccc(CC(=O)O)c2)c(C(C)C)n1. The van der Waals surface area contributed by atoms with Crippen molar-refractivity contribution in [3.63, 3.8) is 0 Å². The molecule has 1 amide bonds. The number of carboxylic acids is 1. The van der Waals surface area contributed by atoms with Crippen molar-refractivity contribution in [2.45, 2.75) is 33.1 Å². The van der Waals surface area contributed by atoms with Gasteiger partial charge < -0.3 is 10.4 Å². The van der Waals surface area contributed by atoms with Gasteiger partial charge in [0.15, 0.2) is 0 Å². The van der Waals surface area contributed by atoms with Gasteiger partial charge in [-0.15, -0.1) is 0 Å². The van der Waals surface area contributed by atoms with Crippen LogP contribution in [-0.4, -0.2) is 27.0 Å². The highest BCUT2D eigenvalue weighted by Crippen LogP contribution is 2.19. The third kappa shape index (κ3) is 4.35. The van der Waals surface area contributed by atoms with E-state index in [1.807, 2.05) is 13.8 Å². The first-order valence-corrected chi connectivity index (χ1v) is 7.32. The monoisotopic (exact) mass is 313 g/mol. The molecule has 0 aliphatic heterocycles. The summed E-state index contributed by atoms with van der Waals surface area (Å²) in [6.45, 7) is 5.71. The van der Waals surface area contributed by atoms with E-state index in [2.05, 4.69) is 15.3 Å². The number of aromatic nitrogens is 2. The van der Waals surface area contributed by atoms with Crippen LogP contribution in [0.3, 0.4) is 0 Å². The zero-order chi connectivity index (χ0) is 17.0. The quantitative estimate of drug-likeness (QED) is 0.885. The fraction of sp³-hybridized carbons (Fsp3) is 0.294. The van der Waals surface area contributed by atoms with Crippen LogP contribution in [0.4, 0.5) is 5.69 Å². The van der Waals surface area contributed by atoms with Gasteiger partial charge in [0.05, 0.1) is 17.7 Å². The lowest BCUT2D eigenvalue weighted by Crippen LogP contribution is -2.17. The molecule has 0 radical (unpaired) electrons. The number of rotatable bonds is 5. The van der Waals surface area contributed by atoms with Gasteiger partial charge in [-0.25, -0.2) is 9.97 Å². The molecule has 0 unspecified atom stereocenters. The number of hydrogen-bond donors (Lipinski definition) is 2. The normalized spacial score (nSPS) is 10.6. The van der Waals surface area contributed by atoms with Gasteiger partial charge in [0.2, 0.25) is 0 Å². The Morgan fingerprint density at radius 2 is 2.04 bits per heavy atom. The second kappa shape index (κ2) is 7.00. The van der Waals surface area contributed by atoms with Crippen LogP contribution >= 0.6 is 0 Å². The third-order valence-corrected chi connectivity index (χ3v) is 3.27. The minimum atomic E-state index is -0.914. The summed E-state index contributed by atoms with van der Waals surface area (Å²) in [4.78, 5) is 31.7. The average molecular weight is 313 g/mol. The fourth-order valence-electron chi connectivity index (χ4n) is 2.23. The highest BCUT2D eigenvalue weighted by Gasteiger charge is 2.16. The van der Waals surface area contributed by atoms with Crippen LogP contribution in [0.25, 0.3) is 0 Å². The Bertz CT molecular complexity index is 742. The molecule has 0 atom stereocenters. The summed E-state index contributed by atoms with van der Waals surface area (Å²) in [7, 11) is 0. The van der Waals surface area contributed by atoms with Gasteiger partial charge in [-0.3, -0.25) is 9.59 Å². The lowest BCUT2D eigenvalue weighted by molar-refractivity contribution is -0.136. The van der Waals surface area contributed by atoms with Gasteiger partial charge in [0, 0.05) is 11.9 Å². The van der Waals surface area contributed by atoms with E-state index in [0.717, 1.165) is 0 Å². The number of carboxylic acid groups (broad SMARTS) is 1. The predicted molar refractivity (Wildman–Crippen MR) is 86.6 cm³/mol. The molecule has 23 heavy (non-hydrogen) atoms. The molecule has 0 aliphatic carbocycles. The molecule has 120 valence electrons. The van der Waals surface area contributed by atoms with Crippen molar-refractivity contribution < 1.29 is 14.7 Å². The highest BCUT2D eigenvalue weighted by atomic mass is 16.4. The van der Waals surface area contributed by atoms with Crippen molar-refractivity contribution in [2.24, 2.45) is 0 Å². The maximum absolute atomic E-state index is 12.5. The molecular weight excluding hydrogens is 294 g/mol. The summed E-state index contributed by atoms with van der Waals surface area (Å²) >= 11 is 0. The van der Waals surface area contributed by atoms with Crippen molar-refractivity contribution in [3.05, 3.63) is 53.1 Å². The molecule has 1 aromatic carbocycles. The molecule has 1 heterocycles. The topological polar surface area (TPSA) is 92.2 Å². The fourth-order valence-corrected chi connectivity index (χ4v) is 2.23. The van der Waals surface area contributed by atoms with Crippen molar-refractivity contribution in [2.75, 3.05) is 5.32 Å². The molecule has 1 aromatic heterocycles. The molecule has 6 nitrogen and oxygen atoms in total. The molecule has 2 aromatic rings. The Morgan fingerprint density at radius 3 is 2.70 bits per heavy atom. The van der Waals surface area contributed by atoms with Gasteiger partial charge in [-0.2, -0.15) is 0 Å². The van der Waals surface area contributed by atoms with Crippen LogP contribution < -0.4 is 5.32 Å². The Hall–Kier alpha value is -2.76. The Morgan fingerprint density at radius 1 is 1.30 bits per heavy atom. The third-order valence-electron chi connectivity index (χ3n) is 3.27. The number of benzene rings is 1. The lowest BCUT2D eigenvalue weighted by Gasteiger charge is -2.12. The van der Waals surface area contributed by atoms with E-state index < -0.39 is 5.97 Å². The first-order chi connectivity index (χ1) is 10.9. The number of aliphatic carboxylic acids is 1. The van der Waals surface area contributed by atoms with Gasteiger partial charge >= 0.3 is 5.97 Å². The predicted octanol–water partition coefficient (Wildman–Crippen LogP) is 2.79. The summed E-state index contributed by atoms with van der Waals surface area (Å²) in [6, 6.07) is 6.78. The molecule has 2 N–H and O–H groups in total. The van der Waals surface area contributed by atoms with Crippen LogP contribution in [0.1, 0.15) is 47.2 Å². The van der Waals surface area contributed by atoms with E-state index >= 15 is 0 Å². The van der Waals surface area contributed by atoms with Crippen LogP contribution in [0, 0.1) is 6.92 Å². The number of nitrogens with zero attached hydrogens (tertiary/aromatic N) is 2. The van der Waals surface area contributed by atoms with E-state index in [1.54, 1.807) is 31.2 Å². The Kier molecular flexibility index (Phi) is 5.05. The maximum atomic E-state index is 12.5. The molecule has 0 bridgehead atoms. The molecule has 6 heteroatoms. The molecular formula is C17H19N3O3. The largest absolute Gasteiger partial charge is 0.481 e. The number of aryl methyl sites for hydroxylation is 1. The maximum Gasteiger partial charge on any atom is 0.307 e. The standard InChI is InChI=1S/C17H19N3O3/c1-10(2)16-14(9-18-11(3)19-16)17(23)20-13-6-4-5-12(7-13)8-15(21)22/h4-7,9-10H,8H2,1-3H3,(H,20,23)(H,21,22). The zero-order valence-electron chi connectivity index (χ0n) is 13.3. The number of nitrogens with one attached hydrogen (secondary N) is 1. The first-order valence-electron chi connectivity index (χ1n) is 7.32. The number of carbonyl (C=O) groups excluding carboxylic acids is 1. The summed E-state index contributed by atoms with van der Waals surface area (Å²) in [5.74, 6) is -0.506. The van der Waals surface area contributed by atoms with Crippen molar-refractivity contribution >= 4 is 17.6 Å². The van der Waals surface area contributed by atoms with Crippen LogP contribution in [0.2, 0.25) is 0 Å². The van der Waals surface area contributed by atoms with Crippen LogP contribution in [-0.2, 0) is 11.2 Å². The van der Waals surface area contributed by atoms with Crippen molar-refractivity contribution in [3.8, 4) is 0 Å². The van der Waals surface area contributed by atoms with Gasteiger partial charge in [0.25, 0.3) is 5.91 Å². The minimum Gasteiger partial charge on any atom is -0.481 e. The molecule has 0 saturated heterocycles. The molecule has 0 saturated carbocycles.